The largest absolute Gasteiger partial charge is 0.324 e. The number of benzene rings is 2. The van der Waals surface area contributed by atoms with Crippen molar-refractivity contribution in [3.63, 3.8) is 0 Å². The van der Waals surface area contributed by atoms with Gasteiger partial charge in [-0.1, -0.05) is 53.5 Å². The Labute approximate surface area is 127 Å². The predicted molar refractivity (Wildman–Crippen MR) is 82.4 cm³/mol. The molecular formula is C16H13Cl2NO. The van der Waals surface area contributed by atoms with E-state index in [0.717, 1.165) is 6.42 Å². The molecule has 1 aliphatic rings. The van der Waals surface area contributed by atoms with Crippen LogP contribution in [0.25, 0.3) is 0 Å². The van der Waals surface area contributed by atoms with Crippen molar-refractivity contribution >= 4 is 34.8 Å². The molecule has 102 valence electrons. The van der Waals surface area contributed by atoms with Crippen molar-refractivity contribution in [1.82, 2.24) is 0 Å². The number of hydrogen-bond acceptors (Lipinski definition) is 1. The minimum atomic E-state index is 0.00280. The van der Waals surface area contributed by atoms with Crippen molar-refractivity contribution in [1.29, 1.82) is 0 Å². The summed E-state index contributed by atoms with van der Waals surface area (Å²) in [5.74, 6) is 0.338. The monoisotopic (exact) mass is 305 g/mol. The van der Waals surface area contributed by atoms with Crippen molar-refractivity contribution in [2.45, 2.75) is 12.3 Å². The van der Waals surface area contributed by atoms with Crippen LogP contribution in [0, 0.1) is 5.92 Å². The third kappa shape index (κ3) is 2.82. The van der Waals surface area contributed by atoms with E-state index in [-0.39, 0.29) is 11.8 Å². The van der Waals surface area contributed by atoms with Gasteiger partial charge in [0.25, 0.3) is 0 Å². The van der Waals surface area contributed by atoms with Crippen LogP contribution in [-0.2, 0) is 4.79 Å². The second-order valence-electron chi connectivity index (χ2n) is 4.97. The molecule has 0 saturated heterocycles. The Kier molecular flexibility index (Phi) is 3.68. The lowest BCUT2D eigenvalue weighted by molar-refractivity contribution is -0.117. The van der Waals surface area contributed by atoms with E-state index in [1.165, 1.54) is 5.56 Å². The highest BCUT2D eigenvalue weighted by atomic mass is 35.5. The Balaban J connectivity index is 1.68. The number of nitrogens with one attached hydrogen (secondary N) is 1. The maximum atomic E-state index is 12.2. The third-order valence-electron chi connectivity index (χ3n) is 3.54. The smallest absolute Gasteiger partial charge is 0.228 e. The summed E-state index contributed by atoms with van der Waals surface area (Å²) in [6, 6.07) is 15.1. The van der Waals surface area contributed by atoms with Gasteiger partial charge >= 0.3 is 0 Å². The predicted octanol–water partition coefficient (Wildman–Crippen LogP) is 4.74. The van der Waals surface area contributed by atoms with Crippen molar-refractivity contribution in [2.75, 3.05) is 5.32 Å². The number of hydrogen-bond donors (Lipinski definition) is 1. The van der Waals surface area contributed by atoms with Crippen molar-refractivity contribution in [3.8, 4) is 0 Å². The molecule has 0 unspecified atom stereocenters. The van der Waals surface area contributed by atoms with E-state index < -0.39 is 0 Å². The SMILES string of the molecule is O=C(Nc1cc(Cl)ccc1Cl)[C@@H]1C[C@H]1c1ccccc1. The summed E-state index contributed by atoms with van der Waals surface area (Å²) < 4.78 is 0. The lowest BCUT2D eigenvalue weighted by Gasteiger charge is -2.07. The molecule has 2 atom stereocenters. The number of rotatable bonds is 3. The van der Waals surface area contributed by atoms with Gasteiger partial charge in [0.2, 0.25) is 5.91 Å². The van der Waals surface area contributed by atoms with E-state index in [1.807, 2.05) is 18.2 Å². The van der Waals surface area contributed by atoms with Crippen LogP contribution >= 0.6 is 23.2 Å². The summed E-state index contributed by atoms with van der Waals surface area (Å²) in [7, 11) is 0. The van der Waals surface area contributed by atoms with Crippen LogP contribution in [0.5, 0.6) is 0 Å². The minimum absolute atomic E-state index is 0.00280. The summed E-state index contributed by atoms with van der Waals surface area (Å²) in [6.45, 7) is 0. The summed E-state index contributed by atoms with van der Waals surface area (Å²) in [5, 5.41) is 3.91. The Morgan fingerprint density at radius 2 is 1.85 bits per heavy atom. The van der Waals surface area contributed by atoms with Gasteiger partial charge in [-0.05, 0) is 36.1 Å². The molecule has 1 N–H and O–H groups in total. The van der Waals surface area contributed by atoms with E-state index in [0.29, 0.717) is 21.7 Å². The zero-order chi connectivity index (χ0) is 14.1. The van der Waals surface area contributed by atoms with Gasteiger partial charge in [0, 0.05) is 10.9 Å². The maximum absolute atomic E-state index is 12.2. The van der Waals surface area contributed by atoms with E-state index in [4.69, 9.17) is 23.2 Å². The van der Waals surface area contributed by atoms with Crippen LogP contribution in [0.1, 0.15) is 17.9 Å². The van der Waals surface area contributed by atoms with Gasteiger partial charge in [-0.3, -0.25) is 4.79 Å². The van der Waals surface area contributed by atoms with Crippen LogP contribution in [0.15, 0.2) is 48.5 Å². The second-order valence-corrected chi connectivity index (χ2v) is 5.82. The first kappa shape index (κ1) is 13.5. The van der Waals surface area contributed by atoms with Gasteiger partial charge < -0.3 is 5.32 Å². The standard InChI is InChI=1S/C16H13Cl2NO/c17-11-6-7-14(18)15(8-11)19-16(20)13-9-12(13)10-4-2-1-3-5-10/h1-8,12-13H,9H2,(H,19,20)/t12-,13+/m0/s1. The van der Waals surface area contributed by atoms with Crippen LogP contribution in [0.2, 0.25) is 10.0 Å². The first-order valence-corrected chi connectivity index (χ1v) is 7.21. The zero-order valence-electron chi connectivity index (χ0n) is 10.6. The normalized spacial score (nSPS) is 20.5. The molecule has 0 radical (unpaired) electrons. The average Bonchev–Trinajstić information content (AvgIpc) is 3.24. The lowest BCUT2D eigenvalue weighted by atomic mass is 10.1. The number of anilines is 1. The summed E-state index contributed by atoms with van der Waals surface area (Å²) in [6.07, 6.45) is 0.883. The van der Waals surface area contributed by atoms with E-state index in [1.54, 1.807) is 18.2 Å². The van der Waals surface area contributed by atoms with Crippen LogP contribution < -0.4 is 5.32 Å². The molecule has 0 aromatic heterocycles. The van der Waals surface area contributed by atoms with Gasteiger partial charge in [0.15, 0.2) is 0 Å². The molecule has 1 aliphatic carbocycles. The minimum Gasteiger partial charge on any atom is -0.324 e. The van der Waals surface area contributed by atoms with E-state index >= 15 is 0 Å². The topological polar surface area (TPSA) is 29.1 Å². The highest BCUT2D eigenvalue weighted by Gasteiger charge is 2.43. The molecular weight excluding hydrogens is 293 g/mol. The quantitative estimate of drug-likeness (QED) is 0.872. The number of carbonyl (C=O) groups is 1. The molecule has 2 aromatic carbocycles. The highest BCUT2D eigenvalue weighted by molar-refractivity contribution is 6.35. The molecule has 2 nitrogen and oxygen atoms in total. The Morgan fingerprint density at radius 3 is 2.60 bits per heavy atom. The zero-order valence-corrected chi connectivity index (χ0v) is 12.2. The first-order valence-electron chi connectivity index (χ1n) is 6.46. The number of amides is 1. The fraction of sp³-hybridized carbons (Fsp3) is 0.188. The van der Waals surface area contributed by atoms with Gasteiger partial charge in [-0.2, -0.15) is 0 Å². The third-order valence-corrected chi connectivity index (χ3v) is 4.11. The van der Waals surface area contributed by atoms with E-state index in [9.17, 15) is 4.79 Å². The van der Waals surface area contributed by atoms with Crippen LogP contribution in [0.3, 0.4) is 0 Å². The molecule has 1 fully saturated rings. The highest BCUT2D eigenvalue weighted by Crippen LogP contribution is 2.48. The number of carbonyl (C=O) groups excluding carboxylic acids is 1. The Morgan fingerprint density at radius 1 is 1.10 bits per heavy atom. The van der Waals surface area contributed by atoms with Crippen molar-refractivity contribution in [3.05, 3.63) is 64.1 Å². The van der Waals surface area contributed by atoms with Crippen LogP contribution in [-0.4, -0.2) is 5.91 Å². The molecule has 0 spiro atoms. The molecule has 1 saturated carbocycles. The molecule has 4 heteroatoms. The van der Waals surface area contributed by atoms with E-state index in [2.05, 4.69) is 17.4 Å². The summed E-state index contributed by atoms with van der Waals surface area (Å²) in [4.78, 5) is 12.2. The molecule has 3 rings (SSSR count). The Bertz CT molecular complexity index is 642. The molecule has 0 aliphatic heterocycles. The average molecular weight is 306 g/mol. The van der Waals surface area contributed by atoms with Crippen molar-refractivity contribution in [2.24, 2.45) is 5.92 Å². The number of halogens is 2. The van der Waals surface area contributed by atoms with Gasteiger partial charge in [0.05, 0.1) is 10.7 Å². The van der Waals surface area contributed by atoms with Gasteiger partial charge in [-0.25, -0.2) is 0 Å². The molecule has 1 amide bonds. The van der Waals surface area contributed by atoms with Crippen molar-refractivity contribution < 1.29 is 4.79 Å². The summed E-state index contributed by atoms with van der Waals surface area (Å²) in [5.41, 5.74) is 1.78. The molecule has 2 aromatic rings. The lowest BCUT2D eigenvalue weighted by Crippen LogP contribution is -2.14. The summed E-state index contributed by atoms with van der Waals surface area (Å²) >= 11 is 12.0. The second kappa shape index (κ2) is 5.47. The maximum Gasteiger partial charge on any atom is 0.228 e. The molecule has 20 heavy (non-hydrogen) atoms. The first-order chi connectivity index (χ1) is 9.65. The van der Waals surface area contributed by atoms with Gasteiger partial charge in [-0.15, -0.1) is 0 Å². The Hall–Kier alpha value is -1.51. The van der Waals surface area contributed by atoms with Crippen LogP contribution in [0.4, 0.5) is 5.69 Å². The van der Waals surface area contributed by atoms with Gasteiger partial charge in [0.1, 0.15) is 0 Å². The fourth-order valence-corrected chi connectivity index (χ4v) is 2.71. The molecule has 0 bridgehead atoms. The molecule has 0 heterocycles. The fourth-order valence-electron chi connectivity index (χ4n) is 2.37.